The molecule has 1 atom stereocenters. The minimum Gasteiger partial charge on any atom is -0.326 e. The molecule has 27 heavy (non-hydrogen) atoms. The van der Waals surface area contributed by atoms with Crippen LogP contribution >= 0.6 is 0 Å². The lowest BCUT2D eigenvalue weighted by Crippen LogP contribution is -2.30. The molecule has 1 unspecified atom stereocenters. The Bertz CT molecular complexity index is 1080. The average Bonchev–Trinajstić information content (AvgIpc) is 3.27. The van der Waals surface area contributed by atoms with Gasteiger partial charge in [-0.1, -0.05) is 6.07 Å². The van der Waals surface area contributed by atoms with Gasteiger partial charge < -0.3 is 10.2 Å². The smallest absolute Gasteiger partial charge is 0.324 e. The molecule has 5 rings (SSSR count). The number of carbonyl (C=O) groups is 2. The minimum atomic E-state index is -0.0542. The van der Waals surface area contributed by atoms with Gasteiger partial charge in [-0.3, -0.25) is 9.69 Å². The van der Waals surface area contributed by atoms with Gasteiger partial charge in [0.15, 0.2) is 5.65 Å². The summed E-state index contributed by atoms with van der Waals surface area (Å²) in [5.74, 6) is -0.0858. The van der Waals surface area contributed by atoms with E-state index in [-0.39, 0.29) is 17.9 Å². The zero-order chi connectivity index (χ0) is 18.5. The highest BCUT2D eigenvalue weighted by molar-refractivity contribution is 5.98. The third-order valence-electron chi connectivity index (χ3n) is 5.31. The average molecular weight is 362 g/mol. The fraction of sp³-hybridized carbons (Fsp3) is 0.263. The summed E-state index contributed by atoms with van der Waals surface area (Å²) >= 11 is 0. The molecule has 2 aromatic heterocycles. The largest absolute Gasteiger partial charge is 0.326 e. The SMILES string of the molecule is CN1CCN(c2ccc3c(c2)NC(=O)CC3c2ccn3ncnc3c2)C1=O. The van der Waals surface area contributed by atoms with Crippen LogP contribution in [0.2, 0.25) is 0 Å². The summed E-state index contributed by atoms with van der Waals surface area (Å²) in [6.07, 6.45) is 3.75. The lowest BCUT2D eigenvalue weighted by atomic mass is 9.85. The molecule has 0 radical (unpaired) electrons. The normalized spacial score (nSPS) is 19.5. The van der Waals surface area contributed by atoms with Crippen LogP contribution in [0.25, 0.3) is 5.65 Å². The second kappa shape index (κ2) is 5.80. The Morgan fingerprint density at radius 2 is 2.04 bits per heavy atom. The van der Waals surface area contributed by atoms with Crippen LogP contribution < -0.4 is 10.2 Å². The van der Waals surface area contributed by atoms with Crippen LogP contribution in [0.1, 0.15) is 23.5 Å². The highest BCUT2D eigenvalue weighted by Gasteiger charge is 2.30. The lowest BCUT2D eigenvalue weighted by Gasteiger charge is -2.27. The zero-order valence-corrected chi connectivity index (χ0v) is 14.8. The maximum atomic E-state index is 12.3. The highest BCUT2D eigenvalue weighted by atomic mass is 16.2. The number of hydrogen-bond donors (Lipinski definition) is 1. The molecule has 8 nitrogen and oxygen atoms in total. The number of hydrogen-bond acceptors (Lipinski definition) is 4. The van der Waals surface area contributed by atoms with Crippen LogP contribution in [0.3, 0.4) is 0 Å². The minimum absolute atomic E-state index is 0.0223. The number of carbonyl (C=O) groups excluding carboxylic acids is 2. The Kier molecular flexibility index (Phi) is 3.40. The van der Waals surface area contributed by atoms with E-state index in [4.69, 9.17) is 0 Å². The Balaban J connectivity index is 1.55. The molecular formula is C19H18N6O2. The van der Waals surface area contributed by atoms with Crippen molar-refractivity contribution in [1.82, 2.24) is 19.5 Å². The quantitative estimate of drug-likeness (QED) is 0.757. The van der Waals surface area contributed by atoms with Crippen molar-refractivity contribution >= 4 is 29.0 Å². The highest BCUT2D eigenvalue weighted by Crippen LogP contribution is 2.39. The zero-order valence-electron chi connectivity index (χ0n) is 14.8. The first kappa shape index (κ1) is 15.8. The van der Waals surface area contributed by atoms with E-state index in [1.165, 1.54) is 6.33 Å². The maximum absolute atomic E-state index is 12.3. The van der Waals surface area contributed by atoms with E-state index in [0.29, 0.717) is 19.5 Å². The molecule has 1 N–H and O–H groups in total. The number of anilines is 2. The summed E-state index contributed by atoms with van der Waals surface area (Å²) in [4.78, 5) is 32.3. The Hall–Kier alpha value is -3.42. The summed E-state index contributed by atoms with van der Waals surface area (Å²) in [7, 11) is 1.79. The number of rotatable bonds is 2. The lowest BCUT2D eigenvalue weighted by molar-refractivity contribution is -0.116. The van der Waals surface area contributed by atoms with Gasteiger partial charge in [0.05, 0.1) is 0 Å². The number of nitrogens with zero attached hydrogens (tertiary/aromatic N) is 5. The molecule has 3 aromatic rings. The molecular weight excluding hydrogens is 344 g/mol. The molecule has 0 saturated carbocycles. The molecule has 0 bridgehead atoms. The van der Waals surface area contributed by atoms with E-state index in [1.54, 1.807) is 21.4 Å². The number of nitrogens with one attached hydrogen (secondary N) is 1. The maximum Gasteiger partial charge on any atom is 0.324 e. The number of pyridine rings is 1. The van der Waals surface area contributed by atoms with Crippen molar-refractivity contribution in [3.63, 3.8) is 0 Å². The fourth-order valence-corrected chi connectivity index (χ4v) is 3.85. The van der Waals surface area contributed by atoms with Crippen molar-refractivity contribution in [3.8, 4) is 0 Å². The van der Waals surface area contributed by atoms with Gasteiger partial charge >= 0.3 is 6.03 Å². The van der Waals surface area contributed by atoms with Crippen molar-refractivity contribution < 1.29 is 9.59 Å². The molecule has 2 aliphatic heterocycles. The predicted octanol–water partition coefficient (Wildman–Crippen LogP) is 2.08. The van der Waals surface area contributed by atoms with E-state index in [0.717, 1.165) is 28.1 Å². The van der Waals surface area contributed by atoms with Crippen molar-refractivity contribution in [2.45, 2.75) is 12.3 Å². The number of amides is 3. The third-order valence-corrected chi connectivity index (χ3v) is 5.31. The van der Waals surface area contributed by atoms with Gasteiger partial charge in [-0.2, -0.15) is 5.10 Å². The predicted molar refractivity (Wildman–Crippen MR) is 99.9 cm³/mol. The molecule has 136 valence electrons. The monoisotopic (exact) mass is 362 g/mol. The Morgan fingerprint density at radius 3 is 2.85 bits per heavy atom. The number of likely N-dealkylation sites (N-methyl/N-ethyl adjacent to an activating group) is 1. The summed E-state index contributed by atoms with van der Waals surface area (Å²) < 4.78 is 1.70. The van der Waals surface area contributed by atoms with E-state index >= 15 is 0 Å². The Labute approximate surface area is 155 Å². The molecule has 3 amide bonds. The van der Waals surface area contributed by atoms with Gasteiger partial charge in [-0.25, -0.2) is 14.3 Å². The van der Waals surface area contributed by atoms with Crippen LogP contribution in [0.5, 0.6) is 0 Å². The van der Waals surface area contributed by atoms with Crippen LogP contribution in [0.4, 0.5) is 16.2 Å². The number of benzene rings is 1. The molecule has 1 aromatic carbocycles. The van der Waals surface area contributed by atoms with E-state index < -0.39 is 0 Å². The summed E-state index contributed by atoms with van der Waals surface area (Å²) in [5, 5.41) is 7.08. The first-order valence-corrected chi connectivity index (χ1v) is 8.86. The van der Waals surface area contributed by atoms with Gasteiger partial charge in [-0.05, 0) is 35.4 Å². The van der Waals surface area contributed by atoms with Gasteiger partial charge in [0, 0.05) is 50.0 Å². The van der Waals surface area contributed by atoms with Crippen molar-refractivity contribution in [2.75, 3.05) is 30.4 Å². The third kappa shape index (κ3) is 2.52. The topological polar surface area (TPSA) is 82.8 Å². The molecule has 0 aliphatic carbocycles. The van der Waals surface area contributed by atoms with E-state index in [9.17, 15) is 9.59 Å². The van der Waals surface area contributed by atoms with Crippen LogP contribution in [-0.4, -0.2) is 51.6 Å². The van der Waals surface area contributed by atoms with E-state index in [2.05, 4.69) is 15.4 Å². The van der Waals surface area contributed by atoms with Crippen molar-refractivity contribution in [1.29, 1.82) is 0 Å². The van der Waals surface area contributed by atoms with Crippen LogP contribution in [0.15, 0.2) is 42.9 Å². The second-order valence-electron chi connectivity index (χ2n) is 6.96. The number of urea groups is 1. The Morgan fingerprint density at radius 1 is 1.15 bits per heavy atom. The first-order chi connectivity index (χ1) is 13.1. The summed E-state index contributed by atoms with van der Waals surface area (Å²) in [6.45, 7) is 1.35. The molecule has 2 aliphatic rings. The van der Waals surface area contributed by atoms with Gasteiger partial charge in [0.1, 0.15) is 6.33 Å². The van der Waals surface area contributed by atoms with Crippen molar-refractivity contribution in [3.05, 3.63) is 54.0 Å². The standard InChI is InChI=1S/C19H18N6O2/c1-23-6-7-24(19(23)27)13-2-3-14-15(10-18(26)22-16(14)9-13)12-4-5-25-17(8-12)20-11-21-25/h2-5,8-9,11,15H,6-7,10H2,1H3,(H,22,26). The number of fused-ring (bicyclic) bond motifs is 2. The molecule has 4 heterocycles. The number of aromatic nitrogens is 3. The van der Waals surface area contributed by atoms with Crippen LogP contribution in [-0.2, 0) is 4.79 Å². The summed E-state index contributed by atoms with van der Waals surface area (Å²) in [6, 6.07) is 9.77. The first-order valence-electron chi connectivity index (χ1n) is 8.86. The fourth-order valence-electron chi connectivity index (χ4n) is 3.85. The molecule has 0 spiro atoms. The van der Waals surface area contributed by atoms with Crippen molar-refractivity contribution in [2.24, 2.45) is 0 Å². The van der Waals surface area contributed by atoms with Gasteiger partial charge in [0.2, 0.25) is 5.91 Å². The van der Waals surface area contributed by atoms with Crippen LogP contribution in [0, 0.1) is 0 Å². The molecule has 1 saturated heterocycles. The van der Waals surface area contributed by atoms with Gasteiger partial charge in [-0.15, -0.1) is 0 Å². The van der Waals surface area contributed by atoms with E-state index in [1.807, 2.05) is 36.5 Å². The summed E-state index contributed by atoms with van der Waals surface area (Å²) in [5.41, 5.74) is 4.38. The molecule has 1 fully saturated rings. The molecule has 8 heteroatoms. The second-order valence-corrected chi connectivity index (χ2v) is 6.96. The van der Waals surface area contributed by atoms with Gasteiger partial charge in [0.25, 0.3) is 0 Å².